The first-order chi connectivity index (χ1) is 5.15. The Kier molecular flexibility index (Phi) is 2.39. The van der Waals surface area contributed by atoms with E-state index in [4.69, 9.17) is 5.11 Å². The van der Waals surface area contributed by atoms with Crippen LogP contribution in [0.5, 0.6) is 11.5 Å². The maximum atomic E-state index is 9.21. The number of aryl methyl sites for hydroxylation is 1. The van der Waals surface area contributed by atoms with E-state index in [2.05, 4.69) is 15.9 Å². The SMILES string of the molecule is CCc1cc(O)cc(O)c1Br. The minimum Gasteiger partial charge on any atom is -0.508 e. The minimum atomic E-state index is 0.0850. The molecule has 0 saturated heterocycles. The summed E-state index contributed by atoms with van der Waals surface area (Å²) in [6.45, 7) is 1.96. The molecule has 1 aromatic carbocycles. The van der Waals surface area contributed by atoms with Crippen LogP contribution in [0.25, 0.3) is 0 Å². The van der Waals surface area contributed by atoms with Crippen molar-refractivity contribution in [2.75, 3.05) is 0 Å². The molecule has 0 heterocycles. The topological polar surface area (TPSA) is 40.5 Å². The van der Waals surface area contributed by atoms with Crippen LogP contribution in [0.1, 0.15) is 12.5 Å². The molecule has 1 rings (SSSR count). The lowest BCUT2D eigenvalue weighted by Gasteiger charge is -2.03. The van der Waals surface area contributed by atoms with Gasteiger partial charge in [-0.3, -0.25) is 0 Å². The van der Waals surface area contributed by atoms with Gasteiger partial charge in [0.1, 0.15) is 11.5 Å². The summed E-state index contributed by atoms with van der Waals surface area (Å²) in [4.78, 5) is 0. The summed E-state index contributed by atoms with van der Waals surface area (Å²) in [6, 6.07) is 2.94. The molecule has 0 aliphatic carbocycles. The van der Waals surface area contributed by atoms with Gasteiger partial charge < -0.3 is 10.2 Å². The van der Waals surface area contributed by atoms with Gasteiger partial charge in [0.05, 0.1) is 4.47 Å². The fourth-order valence-electron chi connectivity index (χ4n) is 0.909. The molecule has 0 bridgehead atoms. The average molecular weight is 217 g/mol. The number of aromatic hydroxyl groups is 2. The highest BCUT2D eigenvalue weighted by atomic mass is 79.9. The second kappa shape index (κ2) is 3.13. The predicted octanol–water partition coefficient (Wildman–Crippen LogP) is 2.42. The van der Waals surface area contributed by atoms with Gasteiger partial charge >= 0.3 is 0 Å². The van der Waals surface area contributed by atoms with Gasteiger partial charge in [0.15, 0.2) is 0 Å². The molecule has 0 fully saturated rings. The van der Waals surface area contributed by atoms with Crippen LogP contribution in [0, 0.1) is 0 Å². The Morgan fingerprint density at radius 3 is 2.55 bits per heavy atom. The van der Waals surface area contributed by atoms with Gasteiger partial charge in [-0.15, -0.1) is 0 Å². The van der Waals surface area contributed by atoms with Crippen LogP contribution in [0.15, 0.2) is 16.6 Å². The lowest BCUT2D eigenvalue weighted by atomic mass is 10.1. The molecular formula is C8H9BrO2. The third-order valence-corrected chi connectivity index (χ3v) is 2.41. The molecule has 0 aliphatic rings. The molecule has 11 heavy (non-hydrogen) atoms. The number of hydrogen-bond donors (Lipinski definition) is 2. The van der Waals surface area contributed by atoms with Gasteiger partial charge in [-0.1, -0.05) is 6.92 Å². The Hall–Kier alpha value is -0.700. The van der Waals surface area contributed by atoms with Crippen LogP contribution >= 0.6 is 15.9 Å². The van der Waals surface area contributed by atoms with E-state index in [1.807, 2.05) is 6.92 Å². The quantitative estimate of drug-likeness (QED) is 0.758. The molecule has 2 N–H and O–H groups in total. The standard InChI is InChI=1S/C8H9BrO2/c1-2-5-3-6(10)4-7(11)8(5)9/h3-4,10-11H,2H2,1H3. The molecule has 0 aromatic heterocycles. The van der Waals surface area contributed by atoms with Gasteiger partial charge in [0.25, 0.3) is 0 Å². The maximum absolute atomic E-state index is 9.21. The number of halogens is 1. The lowest BCUT2D eigenvalue weighted by Crippen LogP contribution is -1.82. The van der Waals surface area contributed by atoms with Crippen molar-refractivity contribution in [3.63, 3.8) is 0 Å². The third kappa shape index (κ3) is 1.66. The molecule has 3 heteroatoms. The van der Waals surface area contributed by atoms with Crippen molar-refractivity contribution >= 4 is 15.9 Å². The first kappa shape index (κ1) is 8.40. The van der Waals surface area contributed by atoms with Crippen molar-refractivity contribution in [3.05, 3.63) is 22.2 Å². The first-order valence-corrected chi connectivity index (χ1v) is 4.14. The second-order valence-corrected chi connectivity index (χ2v) is 3.08. The predicted molar refractivity (Wildman–Crippen MR) is 46.8 cm³/mol. The Morgan fingerprint density at radius 1 is 1.36 bits per heavy atom. The normalized spacial score (nSPS) is 10.0. The summed E-state index contributed by atoms with van der Waals surface area (Å²) >= 11 is 3.21. The van der Waals surface area contributed by atoms with Crippen molar-refractivity contribution < 1.29 is 10.2 Å². The fraction of sp³-hybridized carbons (Fsp3) is 0.250. The summed E-state index contributed by atoms with van der Waals surface area (Å²) in [5.74, 6) is 0.185. The van der Waals surface area contributed by atoms with Crippen LogP contribution in [0.3, 0.4) is 0 Å². The van der Waals surface area contributed by atoms with Gasteiger partial charge in [0, 0.05) is 6.07 Å². The highest BCUT2D eigenvalue weighted by Gasteiger charge is 2.04. The average Bonchev–Trinajstić information content (AvgIpc) is 1.96. The summed E-state index contributed by atoms with van der Waals surface area (Å²) in [7, 11) is 0. The van der Waals surface area contributed by atoms with Gasteiger partial charge in [-0.25, -0.2) is 0 Å². The Bertz CT molecular complexity index is 271. The Morgan fingerprint density at radius 2 is 2.00 bits per heavy atom. The van der Waals surface area contributed by atoms with E-state index in [-0.39, 0.29) is 11.5 Å². The molecular weight excluding hydrogens is 208 g/mol. The van der Waals surface area contributed by atoms with Gasteiger partial charge in [-0.2, -0.15) is 0 Å². The molecule has 0 radical (unpaired) electrons. The maximum Gasteiger partial charge on any atom is 0.133 e. The number of rotatable bonds is 1. The zero-order chi connectivity index (χ0) is 8.43. The zero-order valence-electron chi connectivity index (χ0n) is 6.13. The Labute approximate surface area is 73.6 Å². The summed E-state index contributed by atoms with van der Waals surface area (Å²) < 4.78 is 0.665. The van der Waals surface area contributed by atoms with E-state index in [1.54, 1.807) is 6.07 Å². The van der Waals surface area contributed by atoms with Crippen LogP contribution in [-0.2, 0) is 6.42 Å². The van der Waals surface area contributed by atoms with Crippen molar-refractivity contribution in [3.8, 4) is 11.5 Å². The molecule has 0 amide bonds. The highest BCUT2D eigenvalue weighted by molar-refractivity contribution is 9.10. The van der Waals surface area contributed by atoms with Crippen LogP contribution in [0.2, 0.25) is 0 Å². The van der Waals surface area contributed by atoms with E-state index in [1.165, 1.54) is 6.07 Å². The number of hydrogen-bond acceptors (Lipinski definition) is 2. The monoisotopic (exact) mass is 216 g/mol. The van der Waals surface area contributed by atoms with Crippen LogP contribution < -0.4 is 0 Å². The molecule has 60 valence electrons. The zero-order valence-corrected chi connectivity index (χ0v) is 7.72. The molecule has 0 atom stereocenters. The molecule has 0 spiro atoms. The lowest BCUT2D eigenvalue weighted by molar-refractivity contribution is 0.447. The first-order valence-electron chi connectivity index (χ1n) is 3.35. The molecule has 0 unspecified atom stereocenters. The van der Waals surface area contributed by atoms with E-state index < -0.39 is 0 Å². The number of phenolic OH excluding ortho intramolecular Hbond substituents is 2. The van der Waals surface area contributed by atoms with Crippen LogP contribution in [0.4, 0.5) is 0 Å². The van der Waals surface area contributed by atoms with Crippen LogP contribution in [-0.4, -0.2) is 10.2 Å². The molecule has 0 saturated carbocycles. The third-order valence-electron chi connectivity index (χ3n) is 1.49. The van der Waals surface area contributed by atoms with Crippen molar-refractivity contribution in [1.82, 2.24) is 0 Å². The highest BCUT2D eigenvalue weighted by Crippen LogP contribution is 2.31. The largest absolute Gasteiger partial charge is 0.508 e. The summed E-state index contributed by atoms with van der Waals surface area (Å²) in [5, 5.41) is 18.3. The molecule has 0 aliphatic heterocycles. The number of benzene rings is 1. The Balaban J connectivity index is 3.24. The van der Waals surface area contributed by atoms with E-state index in [9.17, 15) is 5.11 Å². The van der Waals surface area contributed by atoms with Gasteiger partial charge in [0.2, 0.25) is 0 Å². The van der Waals surface area contributed by atoms with E-state index >= 15 is 0 Å². The van der Waals surface area contributed by atoms with Gasteiger partial charge in [-0.05, 0) is 34.0 Å². The second-order valence-electron chi connectivity index (χ2n) is 2.29. The van der Waals surface area contributed by atoms with E-state index in [0.29, 0.717) is 4.47 Å². The van der Waals surface area contributed by atoms with Crippen molar-refractivity contribution in [1.29, 1.82) is 0 Å². The summed E-state index contributed by atoms with van der Waals surface area (Å²) in [5.41, 5.74) is 0.905. The van der Waals surface area contributed by atoms with Crippen molar-refractivity contribution in [2.24, 2.45) is 0 Å². The summed E-state index contributed by atoms with van der Waals surface area (Å²) in [6.07, 6.45) is 0.780. The van der Waals surface area contributed by atoms with E-state index in [0.717, 1.165) is 12.0 Å². The van der Waals surface area contributed by atoms with Crippen molar-refractivity contribution in [2.45, 2.75) is 13.3 Å². The fourth-order valence-corrected chi connectivity index (χ4v) is 1.42. The molecule has 1 aromatic rings. The number of phenols is 2. The smallest absolute Gasteiger partial charge is 0.133 e. The molecule has 2 nitrogen and oxygen atoms in total. The minimum absolute atomic E-state index is 0.0850.